The summed E-state index contributed by atoms with van der Waals surface area (Å²) in [5, 5.41) is 0.871. The topological polar surface area (TPSA) is 29.5 Å². The van der Waals surface area contributed by atoms with Crippen molar-refractivity contribution >= 4 is 50.1 Å². The van der Waals surface area contributed by atoms with Crippen LogP contribution in [-0.4, -0.2) is 24.9 Å². The van der Waals surface area contributed by atoms with Crippen molar-refractivity contribution in [3.8, 4) is 5.75 Å². The molecular formula is C12H13BrINO2. The zero-order valence-electron chi connectivity index (χ0n) is 9.45. The van der Waals surface area contributed by atoms with Crippen LogP contribution in [0, 0.1) is 9.49 Å². The highest BCUT2D eigenvalue weighted by Crippen LogP contribution is 2.32. The van der Waals surface area contributed by atoms with Crippen LogP contribution in [0.3, 0.4) is 0 Å². The molecule has 92 valence electrons. The number of methoxy groups -OCH3 is 1. The molecule has 1 aromatic rings. The molecule has 0 radical (unpaired) electrons. The van der Waals surface area contributed by atoms with Crippen molar-refractivity contribution < 1.29 is 9.53 Å². The molecule has 0 saturated carbocycles. The maximum absolute atomic E-state index is 12.0. The van der Waals surface area contributed by atoms with Crippen molar-refractivity contribution in [3.63, 3.8) is 0 Å². The number of alkyl halides is 1. The lowest BCUT2D eigenvalue weighted by Gasteiger charge is -2.19. The molecule has 0 bridgehead atoms. The van der Waals surface area contributed by atoms with Crippen molar-refractivity contribution in [2.45, 2.75) is 6.42 Å². The van der Waals surface area contributed by atoms with Gasteiger partial charge in [-0.25, -0.2) is 0 Å². The van der Waals surface area contributed by atoms with Crippen LogP contribution in [0.2, 0.25) is 0 Å². The van der Waals surface area contributed by atoms with Gasteiger partial charge in [-0.15, -0.1) is 0 Å². The van der Waals surface area contributed by atoms with E-state index >= 15 is 0 Å². The lowest BCUT2D eigenvalue weighted by Crippen LogP contribution is -2.25. The minimum atomic E-state index is 0.195. The van der Waals surface area contributed by atoms with Gasteiger partial charge in [0, 0.05) is 27.9 Å². The summed E-state index contributed by atoms with van der Waals surface area (Å²) < 4.78 is 6.28. The van der Waals surface area contributed by atoms with Crippen molar-refractivity contribution in [1.29, 1.82) is 0 Å². The summed E-state index contributed by atoms with van der Waals surface area (Å²) in [4.78, 5) is 13.8. The molecule has 1 heterocycles. The number of carbonyl (C=O) groups excluding carboxylic acids is 1. The maximum atomic E-state index is 12.0. The number of halogens is 2. The lowest BCUT2D eigenvalue weighted by atomic mass is 10.2. The third kappa shape index (κ3) is 2.76. The van der Waals surface area contributed by atoms with Gasteiger partial charge in [-0.3, -0.25) is 4.79 Å². The fourth-order valence-electron chi connectivity index (χ4n) is 1.94. The van der Waals surface area contributed by atoms with E-state index in [9.17, 15) is 4.79 Å². The predicted octanol–water partition coefficient (Wildman–Crippen LogP) is 3.05. The van der Waals surface area contributed by atoms with Gasteiger partial charge in [-0.1, -0.05) is 15.9 Å². The average Bonchev–Trinajstić information content (AvgIpc) is 2.71. The molecule has 0 spiro atoms. The van der Waals surface area contributed by atoms with Gasteiger partial charge in [0.2, 0.25) is 5.91 Å². The van der Waals surface area contributed by atoms with Crippen molar-refractivity contribution in [2.75, 3.05) is 23.9 Å². The molecule has 1 aromatic carbocycles. The zero-order valence-corrected chi connectivity index (χ0v) is 13.2. The van der Waals surface area contributed by atoms with Gasteiger partial charge in [0.25, 0.3) is 0 Å². The van der Waals surface area contributed by atoms with E-state index in [4.69, 9.17) is 4.74 Å². The van der Waals surface area contributed by atoms with Gasteiger partial charge < -0.3 is 9.64 Å². The van der Waals surface area contributed by atoms with Crippen molar-refractivity contribution in [1.82, 2.24) is 0 Å². The Hall–Kier alpha value is -0.300. The number of anilines is 1. The van der Waals surface area contributed by atoms with Crippen LogP contribution in [0.4, 0.5) is 5.69 Å². The first-order chi connectivity index (χ1) is 8.15. The summed E-state index contributed by atoms with van der Waals surface area (Å²) in [6.45, 7) is 0.785. The van der Waals surface area contributed by atoms with Crippen molar-refractivity contribution in [2.24, 2.45) is 5.92 Å². The summed E-state index contributed by atoms with van der Waals surface area (Å²) in [7, 11) is 1.64. The summed E-state index contributed by atoms with van der Waals surface area (Å²) in [5.41, 5.74) is 0.957. The smallest absolute Gasteiger partial charge is 0.227 e. The summed E-state index contributed by atoms with van der Waals surface area (Å²) in [6.07, 6.45) is 0.624. The summed E-state index contributed by atoms with van der Waals surface area (Å²) >= 11 is 5.70. The van der Waals surface area contributed by atoms with E-state index in [0.717, 1.165) is 26.9 Å². The van der Waals surface area contributed by atoms with Crippen LogP contribution in [-0.2, 0) is 4.79 Å². The molecule has 17 heavy (non-hydrogen) atoms. The normalized spacial score (nSPS) is 19.8. The molecule has 5 heteroatoms. The van der Waals surface area contributed by atoms with E-state index in [0.29, 0.717) is 12.3 Å². The van der Waals surface area contributed by atoms with E-state index in [2.05, 4.69) is 38.5 Å². The van der Waals surface area contributed by atoms with Crippen LogP contribution in [0.25, 0.3) is 0 Å². The second kappa shape index (κ2) is 5.56. The molecule has 3 nitrogen and oxygen atoms in total. The molecule has 1 fully saturated rings. The SMILES string of the molecule is COc1ccc(I)c(N2CC(CBr)CC2=O)c1. The van der Waals surface area contributed by atoms with Gasteiger partial charge in [0.15, 0.2) is 0 Å². The largest absolute Gasteiger partial charge is 0.497 e. The molecule has 1 amide bonds. The molecule has 1 unspecified atom stereocenters. The molecule has 1 saturated heterocycles. The quantitative estimate of drug-likeness (QED) is 0.567. The number of hydrogen-bond donors (Lipinski definition) is 0. The highest BCUT2D eigenvalue weighted by molar-refractivity contribution is 14.1. The Morgan fingerprint density at radius 3 is 2.94 bits per heavy atom. The van der Waals surface area contributed by atoms with Crippen LogP contribution in [0.5, 0.6) is 5.75 Å². The number of amides is 1. The lowest BCUT2D eigenvalue weighted by molar-refractivity contribution is -0.117. The number of nitrogens with zero attached hydrogens (tertiary/aromatic N) is 1. The van der Waals surface area contributed by atoms with Crippen molar-refractivity contribution in [3.05, 3.63) is 21.8 Å². The third-order valence-corrected chi connectivity index (χ3v) is 4.70. The Morgan fingerprint density at radius 1 is 1.59 bits per heavy atom. The third-order valence-electron chi connectivity index (χ3n) is 2.87. The summed E-state index contributed by atoms with van der Waals surface area (Å²) in [6, 6.07) is 5.81. The average molecular weight is 410 g/mol. The molecule has 2 rings (SSSR count). The molecule has 1 aliphatic rings. The minimum Gasteiger partial charge on any atom is -0.497 e. The van der Waals surface area contributed by atoms with Gasteiger partial charge in [-0.05, 0) is 40.6 Å². The number of benzene rings is 1. The molecule has 0 aliphatic carbocycles. The van der Waals surface area contributed by atoms with E-state index in [1.54, 1.807) is 7.11 Å². The highest BCUT2D eigenvalue weighted by Gasteiger charge is 2.30. The number of ether oxygens (including phenoxy) is 1. The van der Waals surface area contributed by atoms with Crippen LogP contribution in [0.15, 0.2) is 18.2 Å². The second-order valence-corrected chi connectivity index (χ2v) is 5.86. The Labute approximate surface area is 123 Å². The monoisotopic (exact) mass is 409 g/mol. The predicted molar refractivity (Wildman–Crippen MR) is 80.0 cm³/mol. The minimum absolute atomic E-state index is 0.195. The van der Waals surface area contributed by atoms with Gasteiger partial charge in [0.1, 0.15) is 5.75 Å². The van der Waals surface area contributed by atoms with Crippen LogP contribution in [0.1, 0.15) is 6.42 Å². The van der Waals surface area contributed by atoms with Gasteiger partial charge in [-0.2, -0.15) is 0 Å². The first-order valence-electron chi connectivity index (χ1n) is 5.35. The Kier molecular flexibility index (Phi) is 4.30. The zero-order chi connectivity index (χ0) is 12.4. The fraction of sp³-hybridized carbons (Fsp3) is 0.417. The molecule has 0 N–H and O–H groups in total. The number of carbonyl (C=O) groups is 1. The number of rotatable bonds is 3. The second-order valence-electron chi connectivity index (χ2n) is 4.05. The standard InChI is InChI=1S/C12H13BrINO2/c1-17-9-2-3-10(14)11(5-9)15-7-8(6-13)4-12(15)16/h2-3,5,8H,4,6-7H2,1H3. The van der Waals surface area contributed by atoms with E-state index in [-0.39, 0.29) is 5.91 Å². The Morgan fingerprint density at radius 2 is 2.35 bits per heavy atom. The molecule has 1 aliphatic heterocycles. The van der Waals surface area contributed by atoms with Gasteiger partial charge in [0.05, 0.1) is 12.8 Å². The first kappa shape index (κ1) is 13.1. The Bertz CT molecular complexity index is 439. The number of hydrogen-bond acceptors (Lipinski definition) is 2. The van der Waals surface area contributed by atoms with E-state index in [1.165, 1.54) is 0 Å². The fourth-order valence-corrected chi connectivity index (χ4v) is 3.00. The summed E-state index contributed by atoms with van der Waals surface area (Å²) in [5.74, 6) is 1.39. The van der Waals surface area contributed by atoms with Crippen LogP contribution >= 0.6 is 38.5 Å². The molecule has 1 atom stereocenters. The molecule has 0 aromatic heterocycles. The first-order valence-corrected chi connectivity index (χ1v) is 7.55. The Balaban J connectivity index is 2.30. The van der Waals surface area contributed by atoms with E-state index < -0.39 is 0 Å². The maximum Gasteiger partial charge on any atom is 0.227 e. The van der Waals surface area contributed by atoms with Gasteiger partial charge >= 0.3 is 0 Å². The van der Waals surface area contributed by atoms with Crippen LogP contribution < -0.4 is 9.64 Å². The molecular weight excluding hydrogens is 397 g/mol. The van der Waals surface area contributed by atoms with E-state index in [1.807, 2.05) is 23.1 Å². The highest BCUT2D eigenvalue weighted by atomic mass is 127.